The van der Waals surface area contributed by atoms with Gasteiger partial charge in [0.2, 0.25) is 5.95 Å². The van der Waals surface area contributed by atoms with Crippen LogP contribution in [0.1, 0.15) is 17.7 Å². The third kappa shape index (κ3) is 3.32. The number of aryl methyl sites for hydroxylation is 2. The zero-order valence-electron chi connectivity index (χ0n) is 14.6. The van der Waals surface area contributed by atoms with Crippen molar-refractivity contribution < 1.29 is 13.2 Å². The van der Waals surface area contributed by atoms with E-state index in [1.165, 1.54) is 5.56 Å². The second-order valence-electron chi connectivity index (χ2n) is 6.42. The van der Waals surface area contributed by atoms with Crippen LogP contribution in [0.4, 0.5) is 36.3 Å². The number of anilines is 4. The van der Waals surface area contributed by atoms with E-state index < -0.39 is 17.5 Å². The molecule has 0 unspecified atom stereocenters. The van der Waals surface area contributed by atoms with E-state index in [9.17, 15) is 13.2 Å². The SMILES string of the molecule is Cc1cc(N2CCCc3ccccc32)nc(Nc2ccc(F)c(F)c2F)n1. The van der Waals surface area contributed by atoms with Gasteiger partial charge in [-0.3, -0.25) is 0 Å². The van der Waals surface area contributed by atoms with E-state index in [0.717, 1.165) is 37.2 Å². The quantitative estimate of drug-likeness (QED) is 0.657. The fraction of sp³-hybridized carbons (Fsp3) is 0.200. The second kappa shape index (κ2) is 6.90. The van der Waals surface area contributed by atoms with Gasteiger partial charge in [-0.25, -0.2) is 18.2 Å². The Kier molecular flexibility index (Phi) is 4.43. The van der Waals surface area contributed by atoms with Crippen molar-refractivity contribution in [2.75, 3.05) is 16.8 Å². The first-order valence-electron chi connectivity index (χ1n) is 8.64. The van der Waals surface area contributed by atoms with Gasteiger partial charge in [-0.2, -0.15) is 4.98 Å². The summed E-state index contributed by atoms with van der Waals surface area (Å²) in [4.78, 5) is 10.8. The summed E-state index contributed by atoms with van der Waals surface area (Å²) in [5.74, 6) is -3.28. The second-order valence-corrected chi connectivity index (χ2v) is 6.42. The Bertz CT molecular complexity index is 1010. The van der Waals surface area contributed by atoms with E-state index in [1.54, 1.807) is 6.92 Å². The molecule has 0 spiro atoms. The molecule has 0 radical (unpaired) electrons. The Labute approximate surface area is 154 Å². The summed E-state index contributed by atoms with van der Waals surface area (Å²) < 4.78 is 40.6. The van der Waals surface area contributed by atoms with Crippen molar-refractivity contribution in [3.8, 4) is 0 Å². The van der Waals surface area contributed by atoms with Crippen LogP contribution in [0.2, 0.25) is 0 Å². The Morgan fingerprint density at radius 3 is 2.67 bits per heavy atom. The molecule has 0 saturated heterocycles. The van der Waals surface area contributed by atoms with Crippen LogP contribution in [0, 0.1) is 24.4 Å². The van der Waals surface area contributed by atoms with Gasteiger partial charge in [-0.1, -0.05) is 18.2 Å². The number of rotatable bonds is 3. The summed E-state index contributed by atoms with van der Waals surface area (Å²) in [7, 11) is 0. The van der Waals surface area contributed by atoms with Crippen LogP contribution in [-0.4, -0.2) is 16.5 Å². The zero-order chi connectivity index (χ0) is 19.0. The van der Waals surface area contributed by atoms with Crippen molar-refractivity contribution in [1.82, 2.24) is 9.97 Å². The number of benzene rings is 2. The molecule has 0 bridgehead atoms. The van der Waals surface area contributed by atoms with Gasteiger partial charge in [0.1, 0.15) is 5.82 Å². The van der Waals surface area contributed by atoms with Crippen molar-refractivity contribution in [3.05, 3.63) is 71.2 Å². The lowest BCUT2D eigenvalue weighted by atomic mass is 10.0. The monoisotopic (exact) mass is 370 g/mol. The molecule has 4 rings (SSSR count). The van der Waals surface area contributed by atoms with E-state index in [2.05, 4.69) is 26.3 Å². The molecule has 2 aromatic carbocycles. The highest BCUT2D eigenvalue weighted by Gasteiger charge is 2.20. The first-order valence-corrected chi connectivity index (χ1v) is 8.64. The van der Waals surface area contributed by atoms with Crippen LogP contribution in [0.25, 0.3) is 0 Å². The van der Waals surface area contributed by atoms with Gasteiger partial charge in [0, 0.05) is 24.0 Å². The highest BCUT2D eigenvalue weighted by Crippen LogP contribution is 2.33. The Balaban J connectivity index is 1.70. The molecule has 1 aromatic heterocycles. The molecule has 1 aliphatic heterocycles. The number of hydrogen-bond acceptors (Lipinski definition) is 4. The number of aromatic nitrogens is 2. The van der Waals surface area contributed by atoms with Crippen molar-refractivity contribution in [3.63, 3.8) is 0 Å². The van der Waals surface area contributed by atoms with Crippen LogP contribution in [-0.2, 0) is 6.42 Å². The van der Waals surface area contributed by atoms with Gasteiger partial charge in [0.15, 0.2) is 17.5 Å². The van der Waals surface area contributed by atoms with Crippen LogP contribution < -0.4 is 10.2 Å². The Morgan fingerprint density at radius 2 is 1.81 bits per heavy atom. The fourth-order valence-corrected chi connectivity index (χ4v) is 3.26. The summed E-state index contributed by atoms with van der Waals surface area (Å²) in [6.07, 6.45) is 1.99. The molecule has 0 saturated carbocycles. The van der Waals surface area contributed by atoms with E-state index in [-0.39, 0.29) is 11.6 Å². The van der Waals surface area contributed by atoms with Gasteiger partial charge in [-0.05, 0) is 43.5 Å². The lowest BCUT2D eigenvalue weighted by Crippen LogP contribution is -2.25. The van der Waals surface area contributed by atoms with Crippen LogP contribution in [0.5, 0.6) is 0 Å². The smallest absolute Gasteiger partial charge is 0.229 e. The third-order valence-electron chi connectivity index (χ3n) is 4.51. The molecular weight excluding hydrogens is 353 g/mol. The summed E-state index contributed by atoms with van der Waals surface area (Å²) in [6.45, 7) is 2.60. The van der Waals surface area contributed by atoms with Gasteiger partial charge < -0.3 is 10.2 Å². The third-order valence-corrected chi connectivity index (χ3v) is 4.51. The predicted octanol–water partition coefficient (Wildman–Crippen LogP) is 5.03. The fourth-order valence-electron chi connectivity index (χ4n) is 3.26. The molecule has 0 atom stereocenters. The molecule has 1 N–H and O–H groups in total. The highest BCUT2D eigenvalue weighted by molar-refractivity contribution is 5.67. The molecule has 27 heavy (non-hydrogen) atoms. The predicted molar refractivity (Wildman–Crippen MR) is 98.1 cm³/mol. The van der Waals surface area contributed by atoms with Crippen molar-refractivity contribution >= 4 is 23.1 Å². The van der Waals surface area contributed by atoms with E-state index in [0.29, 0.717) is 11.5 Å². The molecule has 2 heterocycles. The minimum absolute atomic E-state index is 0.123. The normalized spacial score (nSPS) is 13.4. The van der Waals surface area contributed by atoms with Crippen LogP contribution in [0.3, 0.4) is 0 Å². The highest BCUT2D eigenvalue weighted by atomic mass is 19.2. The number of nitrogens with zero attached hydrogens (tertiary/aromatic N) is 3. The van der Waals surface area contributed by atoms with Crippen LogP contribution >= 0.6 is 0 Å². The van der Waals surface area contributed by atoms with E-state index in [4.69, 9.17) is 0 Å². The number of halogens is 3. The zero-order valence-corrected chi connectivity index (χ0v) is 14.6. The van der Waals surface area contributed by atoms with Gasteiger partial charge in [0.25, 0.3) is 0 Å². The van der Waals surface area contributed by atoms with Gasteiger partial charge in [-0.15, -0.1) is 0 Å². The summed E-state index contributed by atoms with van der Waals surface area (Å²) >= 11 is 0. The molecule has 138 valence electrons. The first kappa shape index (κ1) is 17.3. The number of para-hydroxylation sites is 1. The minimum atomic E-state index is -1.53. The van der Waals surface area contributed by atoms with Crippen molar-refractivity contribution in [2.45, 2.75) is 19.8 Å². The minimum Gasteiger partial charge on any atom is -0.326 e. The number of nitrogens with one attached hydrogen (secondary N) is 1. The molecule has 3 aromatic rings. The van der Waals surface area contributed by atoms with E-state index in [1.807, 2.05) is 24.3 Å². The molecule has 0 fully saturated rings. The number of hydrogen-bond donors (Lipinski definition) is 1. The van der Waals surface area contributed by atoms with Crippen molar-refractivity contribution in [2.24, 2.45) is 0 Å². The topological polar surface area (TPSA) is 41.1 Å². The summed E-state index contributed by atoms with van der Waals surface area (Å²) in [5.41, 5.74) is 2.77. The molecule has 4 nitrogen and oxygen atoms in total. The lowest BCUT2D eigenvalue weighted by Gasteiger charge is -2.30. The molecule has 7 heteroatoms. The van der Waals surface area contributed by atoms with Gasteiger partial charge >= 0.3 is 0 Å². The molecule has 0 aliphatic carbocycles. The number of fused-ring (bicyclic) bond motifs is 1. The maximum Gasteiger partial charge on any atom is 0.229 e. The summed E-state index contributed by atoms with van der Waals surface area (Å²) in [6, 6.07) is 11.9. The maximum atomic E-state index is 14.0. The molecule has 1 aliphatic rings. The molecular formula is C20H17F3N4. The Hall–Kier alpha value is -3.09. The standard InChI is InChI=1S/C20H17F3N4/c1-12-11-17(27-10-4-6-13-5-2-3-7-16(13)27)26-20(24-12)25-15-9-8-14(21)18(22)19(15)23/h2-3,5,7-9,11H,4,6,10H2,1H3,(H,24,25,26). The molecule has 0 amide bonds. The lowest BCUT2D eigenvalue weighted by molar-refractivity contribution is 0.449. The van der Waals surface area contributed by atoms with E-state index >= 15 is 0 Å². The van der Waals surface area contributed by atoms with Crippen molar-refractivity contribution in [1.29, 1.82) is 0 Å². The van der Waals surface area contributed by atoms with Gasteiger partial charge in [0.05, 0.1) is 5.69 Å². The first-order chi connectivity index (χ1) is 13.0. The average molecular weight is 370 g/mol. The summed E-state index contributed by atoms with van der Waals surface area (Å²) in [5, 5.41) is 2.65. The average Bonchev–Trinajstić information content (AvgIpc) is 2.67. The maximum absolute atomic E-state index is 14.0. The van der Waals surface area contributed by atoms with Crippen LogP contribution in [0.15, 0.2) is 42.5 Å². The largest absolute Gasteiger partial charge is 0.326 e. The Morgan fingerprint density at radius 1 is 1.00 bits per heavy atom.